The highest BCUT2D eigenvalue weighted by molar-refractivity contribution is 7.11. The lowest BCUT2D eigenvalue weighted by Gasteiger charge is -2.13. The Bertz CT molecular complexity index is 323. The summed E-state index contributed by atoms with van der Waals surface area (Å²) in [6.07, 6.45) is 1.07. The van der Waals surface area contributed by atoms with Gasteiger partial charge in [0.25, 0.3) is 0 Å². The minimum absolute atomic E-state index is 0.166. The number of rotatable bonds is 3. The average molecular weight is 226 g/mol. The van der Waals surface area contributed by atoms with Gasteiger partial charge in [-0.2, -0.15) is 0 Å². The van der Waals surface area contributed by atoms with Crippen molar-refractivity contribution in [2.45, 2.75) is 46.5 Å². The molecule has 1 atom stereocenters. The molecule has 0 fully saturated rings. The second-order valence-corrected chi connectivity index (χ2v) is 6.41. The first-order valence-electron chi connectivity index (χ1n) is 5.51. The first kappa shape index (κ1) is 12.7. The Balaban J connectivity index is 2.87. The summed E-state index contributed by atoms with van der Waals surface area (Å²) in [5.41, 5.74) is 7.00. The number of aromatic nitrogens is 1. The van der Waals surface area contributed by atoms with Gasteiger partial charge in [0.05, 0.1) is 10.7 Å². The largest absolute Gasteiger partial charge is 0.330 e. The number of hydrogen-bond donors (Lipinski definition) is 1. The van der Waals surface area contributed by atoms with Gasteiger partial charge >= 0.3 is 0 Å². The molecule has 0 aliphatic carbocycles. The van der Waals surface area contributed by atoms with Crippen molar-refractivity contribution in [3.8, 4) is 0 Å². The molecule has 2 nitrogen and oxygen atoms in total. The molecule has 0 radical (unpaired) electrons. The van der Waals surface area contributed by atoms with Crippen LogP contribution in [0.2, 0.25) is 0 Å². The summed E-state index contributed by atoms with van der Waals surface area (Å²) in [6.45, 7) is 11.7. The highest BCUT2D eigenvalue weighted by Gasteiger charge is 2.20. The number of hydrogen-bond acceptors (Lipinski definition) is 3. The van der Waals surface area contributed by atoms with Crippen molar-refractivity contribution in [3.05, 3.63) is 15.6 Å². The first-order chi connectivity index (χ1) is 6.84. The lowest BCUT2D eigenvalue weighted by atomic mass is 9.98. The predicted octanol–water partition coefficient (Wildman–Crippen LogP) is 2.89. The fraction of sp³-hybridized carbons (Fsp3) is 0.750. The molecule has 1 aromatic heterocycles. The molecule has 86 valence electrons. The minimum Gasteiger partial charge on any atom is -0.330 e. The summed E-state index contributed by atoms with van der Waals surface area (Å²) < 4.78 is 0. The smallest absolute Gasteiger partial charge is 0.0984 e. The molecular formula is C12H22N2S. The molecule has 0 bridgehead atoms. The molecule has 1 rings (SSSR count). The lowest BCUT2D eigenvalue weighted by molar-refractivity contribution is 0.583. The molecule has 0 aliphatic rings. The molecule has 15 heavy (non-hydrogen) atoms. The fourth-order valence-electron chi connectivity index (χ4n) is 1.34. The molecule has 1 unspecified atom stereocenters. The van der Waals surface area contributed by atoms with E-state index < -0.39 is 0 Å². The molecule has 0 aliphatic heterocycles. The van der Waals surface area contributed by atoms with Gasteiger partial charge in [-0.1, -0.05) is 27.7 Å². The maximum absolute atomic E-state index is 5.65. The van der Waals surface area contributed by atoms with Crippen LogP contribution in [0.3, 0.4) is 0 Å². The number of thiazole rings is 1. The molecule has 0 spiro atoms. The minimum atomic E-state index is 0.166. The van der Waals surface area contributed by atoms with Crippen LogP contribution in [0.1, 0.15) is 43.3 Å². The fourth-order valence-corrected chi connectivity index (χ4v) is 2.62. The van der Waals surface area contributed by atoms with E-state index in [-0.39, 0.29) is 5.41 Å². The summed E-state index contributed by atoms with van der Waals surface area (Å²) in [5, 5.41) is 1.24. The monoisotopic (exact) mass is 226 g/mol. The molecule has 1 heterocycles. The van der Waals surface area contributed by atoms with Gasteiger partial charge in [0.1, 0.15) is 0 Å². The van der Waals surface area contributed by atoms with Crippen molar-refractivity contribution < 1.29 is 0 Å². The van der Waals surface area contributed by atoms with Crippen LogP contribution in [0.15, 0.2) is 0 Å². The second-order valence-electron chi connectivity index (χ2n) is 5.32. The van der Waals surface area contributed by atoms with E-state index in [2.05, 4.69) is 39.6 Å². The zero-order valence-electron chi connectivity index (χ0n) is 10.4. The van der Waals surface area contributed by atoms with Crippen molar-refractivity contribution >= 4 is 11.3 Å². The third-order valence-corrected chi connectivity index (χ3v) is 4.08. The maximum Gasteiger partial charge on any atom is 0.0984 e. The van der Waals surface area contributed by atoms with Crippen LogP contribution < -0.4 is 5.73 Å². The van der Waals surface area contributed by atoms with Gasteiger partial charge in [-0.3, -0.25) is 0 Å². The zero-order chi connectivity index (χ0) is 11.6. The van der Waals surface area contributed by atoms with E-state index >= 15 is 0 Å². The number of nitrogens with two attached hydrogens (primary N) is 1. The summed E-state index contributed by atoms with van der Waals surface area (Å²) in [6, 6.07) is 0. The molecule has 0 saturated carbocycles. The van der Waals surface area contributed by atoms with E-state index in [1.807, 2.05) is 11.3 Å². The Hall–Kier alpha value is -0.410. The highest BCUT2D eigenvalue weighted by atomic mass is 32.1. The van der Waals surface area contributed by atoms with E-state index in [1.165, 1.54) is 15.6 Å². The Kier molecular flexibility index (Phi) is 3.90. The Morgan fingerprint density at radius 2 is 2.00 bits per heavy atom. The van der Waals surface area contributed by atoms with E-state index in [1.54, 1.807) is 0 Å². The molecule has 0 amide bonds. The van der Waals surface area contributed by atoms with Crippen molar-refractivity contribution in [2.75, 3.05) is 6.54 Å². The van der Waals surface area contributed by atoms with Crippen molar-refractivity contribution in [3.63, 3.8) is 0 Å². The van der Waals surface area contributed by atoms with Crippen LogP contribution in [0.5, 0.6) is 0 Å². The van der Waals surface area contributed by atoms with Crippen LogP contribution in [0.25, 0.3) is 0 Å². The third-order valence-electron chi connectivity index (χ3n) is 2.47. The van der Waals surface area contributed by atoms with Crippen LogP contribution in [-0.4, -0.2) is 11.5 Å². The Labute approximate surface area is 96.9 Å². The summed E-state index contributed by atoms with van der Waals surface area (Å²) >= 11 is 1.84. The van der Waals surface area contributed by atoms with E-state index in [0.29, 0.717) is 5.92 Å². The standard InChI is InChI=1S/C12H22N2S/c1-8(7-13)6-10-9(2)14-11(15-10)12(3,4)5/h8H,6-7,13H2,1-5H3. The van der Waals surface area contributed by atoms with Crippen LogP contribution >= 0.6 is 11.3 Å². The van der Waals surface area contributed by atoms with Crippen molar-refractivity contribution in [1.29, 1.82) is 0 Å². The van der Waals surface area contributed by atoms with Gasteiger partial charge in [-0.25, -0.2) is 4.98 Å². The maximum atomic E-state index is 5.65. The van der Waals surface area contributed by atoms with Gasteiger partial charge in [-0.15, -0.1) is 11.3 Å². The number of nitrogens with zero attached hydrogens (tertiary/aromatic N) is 1. The summed E-state index contributed by atoms with van der Waals surface area (Å²) in [5.74, 6) is 0.553. The molecule has 1 aromatic rings. The molecular weight excluding hydrogens is 204 g/mol. The predicted molar refractivity (Wildman–Crippen MR) is 67.5 cm³/mol. The quantitative estimate of drug-likeness (QED) is 0.860. The molecule has 2 N–H and O–H groups in total. The Morgan fingerprint density at radius 1 is 1.40 bits per heavy atom. The SMILES string of the molecule is Cc1nc(C(C)(C)C)sc1CC(C)CN. The van der Waals surface area contributed by atoms with Gasteiger partial charge in [0, 0.05) is 10.3 Å². The van der Waals surface area contributed by atoms with Gasteiger partial charge in [0.15, 0.2) is 0 Å². The van der Waals surface area contributed by atoms with Crippen LogP contribution in [0, 0.1) is 12.8 Å². The highest BCUT2D eigenvalue weighted by Crippen LogP contribution is 2.30. The van der Waals surface area contributed by atoms with Gasteiger partial charge in [-0.05, 0) is 25.8 Å². The topological polar surface area (TPSA) is 38.9 Å². The van der Waals surface area contributed by atoms with E-state index in [4.69, 9.17) is 5.73 Å². The normalized spacial score (nSPS) is 14.3. The average Bonchev–Trinajstić information content (AvgIpc) is 2.47. The molecule has 0 saturated heterocycles. The Morgan fingerprint density at radius 3 is 2.40 bits per heavy atom. The summed E-state index contributed by atoms with van der Waals surface area (Å²) in [7, 11) is 0. The molecule has 3 heteroatoms. The number of aryl methyl sites for hydroxylation is 1. The van der Waals surface area contributed by atoms with Crippen molar-refractivity contribution in [2.24, 2.45) is 11.7 Å². The van der Waals surface area contributed by atoms with E-state index in [0.717, 1.165) is 13.0 Å². The molecule has 0 aromatic carbocycles. The second kappa shape index (κ2) is 4.62. The van der Waals surface area contributed by atoms with E-state index in [9.17, 15) is 0 Å². The van der Waals surface area contributed by atoms with Crippen LogP contribution in [0.4, 0.5) is 0 Å². The van der Waals surface area contributed by atoms with Gasteiger partial charge < -0.3 is 5.73 Å². The summed E-state index contributed by atoms with van der Waals surface area (Å²) in [4.78, 5) is 6.05. The van der Waals surface area contributed by atoms with Gasteiger partial charge in [0.2, 0.25) is 0 Å². The van der Waals surface area contributed by atoms with Crippen LogP contribution in [-0.2, 0) is 11.8 Å². The lowest BCUT2D eigenvalue weighted by Crippen LogP contribution is -2.12. The first-order valence-corrected chi connectivity index (χ1v) is 6.33. The van der Waals surface area contributed by atoms with Crippen molar-refractivity contribution in [1.82, 2.24) is 4.98 Å². The third kappa shape index (κ3) is 3.28. The zero-order valence-corrected chi connectivity index (χ0v) is 11.2.